The topological polar surface area (TPSA) is 119 Å². The van der Waals surface area contributed by atoms with E-state index in [9.17, 15) is 18.0 Å². The fourth-order valence-electron chi connectivity index (χ4n) is 4.70. The standard InChI is InChI=1S/C31H35BrN4O5S/c1-4-19-42(40,41)36(18-17-35(2)3)25-13-11-24(12-14-25)33-30(22-8-5-21(6-9-22)7-16-28(37)38)29-26-15-10-23(32)20-27(26)34-31(29)39/h5-6,8-15,20,33H,4,7,16-19H2,1-3H3,(H,34,39)(H,37,38). The Kier molecular flexibility index (Phi) is 10.1. The monoisotopic (exact) mass is 654 g/mol. The maximum Gasteiger partial charge on any atom is 0.303 e. The number of carboxylic acid groups (broad SMARTS) is 1. The molecular formula is C31H35BrN4O5S. The highest BCUT2D eigenvalue weighted by Gasteiger charge is 2.29. The van der Waals surface area contributed by atoms with Crippen LogP contribution < -0.4 is 14.9 Å². The summed E-state index contributed by atoms with van der Waals surface area (Å²) in [4.78, 5) is 26.2. The van der Waals surface area contributed by atoms with Gasteiger partial charge in [0.05, 0.1) is 28.4 Å². The van der Waals surface area contributed by atoms with Gasteiger partial charge in [-0.2, -0.15) is 0 Å². The highest BCUT2D eigenvalue weighted by atomic mass is 79.9. The Morgan fingerprint density at radius 2 is 1.69 bits per heavy atom. The van der Waals surface area contributed by atoms with Crippen LogP contribution in [-0.2, 0) is 26.0 Å². The Morgan fingerprint density at radius 1 is 1.00 bits per heavy atom. The maximum atomic E-state index is 13.3. The van der Waals surface area contributed by atoms with Gasteiger partial charge in [0.1, 0.15) is 0 Å². The van der Waals surface area contributed by atoms with Crippen LogP contribution >= 0.6 is 15.9 Å². The van der Waals surface area contributed by atoms with E-state index in [2.05, 4.69) is 26.6 Å². The van der Waals surface area contributed by atoms with Crippen LogP contribution in [0.1, 0.15) is 36.5 Å². The van der Waals surface area contributed by atoms with Gasteiger partial charge in [0.25, 0.3) is 5.91 Å². The highest BCUT2D eigenvalue weighted by molar-refractivity contribution is 9.10. The second-order valence-corrected chi connectivity index (χ2v) is 13.3. The number of sulfonamides is 1. The first-order valence-electron chi connectivity index (χ1n) is 13.7. The van der Waals surface area contributed by atoms with E-state index in [1.165, 1.54) is 4.31 Å². The van der Waals surface area contributed by atoms with Gasteiger partial charge < -0.3 is 20.6 Å². The fraction of sp³-hybridized carbons (Fsp3) is 0.290. The van der Waals surface area contributed by atoms with Crippen LogP contribution in [0.2, 0.25) is 0 Å². The van der Waals surface area contributed by atoms with Crippen LogP contribution in [0.4, 0.5) is 17.1 Å². The Bertz CT molecular complexity index is 1590. The number of aliphatic carboxylic acids is 1. The van der Waals surface area contributed by atoms with Crippen molar-refractivity contribution in [2.24, 2.45) is 0 Å². The molecule has 1 aliphatic rings. The van der Waals surface area contributed by atoms with Gasteiger partial charge in [0, 0.05) is 35.2 Å². The predicted molar refractivity (Wildman–Crippen MR) is 172 cm³/mol. The molecule has 0 spiro atoms. The third-order valence-corrected chi connectivity index (χ3v) is 9.30. The molecule has 0 saturated carbocycles. The van der Waals surface area contributed by atoms with Crippen molar-refractivity contribution in [3.05, 3.63) is 87.9 Å². The Balaban J connectivity index is 1.72. The Hall–Kier alpha value is -3.67. The predicted octanol–water partition coefficient (Wildman–Crippen LogP) is 5.51. The molecular weight excluding hydrogens is 620 g/mol. The third kappa shape index (κ3) is 7.58. The van der Waals surface area contributed by atoms with Crippen molar-refractivity contribution in [2.75, 3.05) is 47.9 Å². The van der Waals surface area contributed by atoms with Gasteiger partial charge >= 0.3 is 5.97 Å². The van der Waals surface area contributed by atoms with Crippen molar-refractivity contribution in [3.8, 4) is 0 Å². The summed E-state index contributed by atoms with van der Waals surface area (Å²) < 4.78 is 28.4. The first-order valence-corrected chi connectivity index (χ1v) is 16.1. The number of amides is 1. The molecule has 0 aromatic heterocycles. The molecule has 1 amide bonds. The summed E-state index contributed by atoms with van der Waals surface area (Å²) in [6.07, 6.45) is 0.952. The normalized spacial score (nSPS) is 14.0. The molecule has 9 nitrogen and oxygen atoms in total. The molecule has 0 fully saturated rings. The minimum atomic E-state index is -3.49. The van der Waals surface area contributed by atoms with Crippen molar-refractivity contribution < 1.29 is 23.1 Å². The van der Waals surface area contributed by atoms with Crippen molar-refractivity contribution >= 4 is 66.2 Å². The van der Waals surface area contributed by atoms with E-state index >= 15 is 0 Å². The summed E-state index contributed by atoms with van der Waals surface area (Å²) >= 11 is 3.46. The zero-order valence-electron chi connectivity index (χ0n) is 23.9. The number of fused-ring (bicyclic) bond motifs is 1. The lowest BCUT2D eigenvalue weighted by molar-refractivity contribution is -0.137. The van der Waals surface area contributed by atoms with Gasteiger partial charge in [-0.25, -0.2) is 8.42 Å². The molecule has 3 N–H and O–H groups in total. The molecule has 0 bridgehead atoms. The van der Waals surface area contributed by atoms with Crippen LogP contribution in [0.3, 0.4) is 0 Å². The number of rotatable bonds is 13. The number of hydrogen-bond donors (Lipinski definition) is 3. The van der Waals surface area contributed by atoms with E-state index in [0.29, 0.717) is 54.3 Å². The van der Waals surface area contributed by atoms with Crippen molar-refractivity contribution in [1.29, 1.82) is 0 Å². The molecule has 1 aliphatic heterocycles. The average molecular weight is 656 g/mol. The van der Waals surface area contributed by atoms with Crippen molar-refractivity contribution in [3.63, 3.8) is 0 Å². The van der Waals surface area contributed by atoms with Gasteiger partial charge in [0.15, 0.2) is 0 Å². The third-order valence-electron chi connectivity index (χ3n) is 6.82. The summed E-state index contributed by atoms with van der Waals surface area (Å²) in [6, 6.07) is 20.2. The molecule has 4 rings (SSSR count). The molecule has 222 valence electrons. The second kappa shape index (κ2) is 13.5. The fourth-order valence-corrected chi connectivity index (χ4v) is 6.60. The molecule has 0 unspecified atom stereocenters. The van der Waals surface area contributed by atoms with E-state index in [0.717, 1.165) is 21.2 Å². The van der Waals surface area contributed by atoms with Gasteiger partial charge in [-0.05, 0) is 74.5 Å². The van der Waals surface area contributed by atoms with Crippen molar-refractivity contribution in [1.82, 2.24) is 4.90 Å². The quantitative estimate of drug-likeness (QED) is 0.208. The van der Waals surface area contributed by atoms with E-state index in [1.807, 2.05) is 68.4 Å². The molecule has 0 radical (unpaired) electrons. The zero-order chi connectivity index (χ0) is 30.4. The van der Waals surface area contributed by atoms with Crippen LogP contribution in [-0.4, -0.2) is 63.2 Å². The van der Waals surface area contributed by atoms with Gasteiger partial charge in [0.2, 0.25) is 10.0 Å². The zero-order valence-corrected chi connectivity index (χ0v) is 26.3. The Morgan fingerprint density at radius 3 is 2.31 bits per heavy atom. The smallest absolute Gasteiger partial charge is 0.303 e. The lowest BCUT2D eigenvalue weighted by atomic mass is 9.98. The van der Waals surface area contributed by atoms with Gasteiger partial charge in [-0.1, -0.05) is 53.2 Å². The number of hydrogen-bond acceptors (Lipinski definition) is 6. The number of benzene rings is 3. The first kappa shape index (κ1) is 31.3. The van der Waals surface area contributed by atoms with Crippen LogP contribution in [0.5, 0.6) is 0 Å². The minimum absolute atomic E-state index is 0.0298. The summed E-state index contributed by atoms with van der Waals surface area (Å²) in [6.45, 7) is 2.75. The van der Waals surface area contributed by atoms with E-state index in [-0.39, 0.29) is 18.1 Å². The summed E-state index contributed by atoms with van der Waals surface area (Å²) in [5, 5.41) is 15.4. The first-order chi connectivity index (χ1) is 20.0. The number of nitrogens with one attached hydrogen (secondary N) is 2. The number of aryl methyl sites for hydroxylation is 1. The number of halogens is 1. The lowest BCUT2D eigenvalue weighted by Gasteiger charge is -2.26. The maximum absolute atomic E-state index is 13.3. The summed E-state index contributed by atoms with van der Waals surface area (Å²) in [5.74, 6) is -1.05. The number of likely N-dealkylation sites (N-methyl/N-ethyl adjacent to an activating group) is 1. The van der Waals surface area contributed by atoms with E-state index in [4.69, 9.17) is 5.11 Å². The van der Waals surface area contributed by atoms with Crippen molar-refractivity contribution in [2.45, 2.75) is 26.2 Å². The second-order valence-electron chi connectivity index (χ2n) is 10.3. The number of carbonyl (C=O) groups excluding carboxylic acids is 1. The summed E-state index contributed by atoms with van der Waals surface area (Å²) in [5.41, 5.74) is 5.36. The van der Waals surface area contributed by atoms with Gasteiger partial charge in [-0.3, -0.25) is 13.9 Å². The van der Waals surface area contributed by atoms with E-state index in [1.54, 1.807) is 24.3 Å². The van der Waals surface area contributed by atoms with Crippen LogP contribution in [0, 0.1) is 0 Å². The largest absolute Gasteiger partial charge is 0.481 e. The van der Waals surface area contributed by atoms with E-state index < -0.39 is 16.0 Å². The molecule has 0 aliphatic carbocycles. The lowest BCUT2D eigenvalue weighted by Crippen LogP contribution is -2.38. The highest BCUT2D eigenvalue weighted by Crippen LogP contribution is 2.39. The van der Waals surface area contributed by atoms with Crippen LogP contribution in [0.15, 0.2) is 71.2 Å². The van der Waals surface area contributed by atoms with Crippen LogP contribution in [0.25, 0.3) is 11.3 Å². The Labute approximate surface area is 255 Å². The molecule has 3 aromatic carbocycles. The molecule has 3 aromatic rings. The molecule has 0 saturated heterocycles. The number of carboxylic acids is 1. The SMILES string of the molecule is CCCS(=O)(=O)N(CCN(C)C)c1ccc(NC(=C2C(=O)Nc3cc(Br)ccc32)c2ccc(CCC(=O)O)cc2)cc1. The molecule has 11 heteroatoms. The van der Waals surface area contributed by atoms with Gasteiger partial charge in [-0.15, -0.1) is 0 Å². The molecule has 1 heterocycles. The molecule has 0 atom stereocenters. The number of nitrogens with zero attached hydrogens (tertiary/aromatic N) is 2. The average Bonchev–Trinajstić information content (AvgIpc) is 3.25. The number of carbonyl (C=O) groups is 2. The number of anilines is 3. The minimum Gasteiger partial charge on any atom is -0.481 e. The molecule has 42 heavy (non-hydrogen) atoms. The summed E-state index contributed by atoms with van der Waals surface area (Å²) in [7, 11) is 0.320.